The Morgan fingerprint density at radius 2 is 0.432 bits per heavy atom. The van der Waals surface area contributed by atoms with Crippen LogP contribution in [0.1, 0.15) is 150 Å². The summed E-state index contributed by atoms with van der Waals surface area (Å²) >= 11 is 0. The molecule has 8 atom stereocenters. The van der Waals surface area contributed by atoms with Crippen molar-refractivity contribution in [3.8, 4) is 68.2 Å². The van der Waals surface area contributed by atoms with Crippen LogP contribution in [0.3, 0.4) is 0 Å². The molecule has 0 radical (unpaired) electrons. The molecule has 16 nitrogen and oxygen atoms in total. The molecular formula is C130H136O16. The molecule has 0 aromatic heterocycles. The van der Waals surface area contributed by atoms with Crippen molar-refractivity contribution in [3.05, 3.63) is 353 Å². The summed E-state index contributed by atoms with van der Waals surface area (Å²) in [6.45, 7) is 50.4. The number of fused-ring (bicyclic) bond motifs is 6. The fourth-order valence-electron chi connectivity index (χ4n) is 21.4. The van der Waals surface area contributed by atoms with Gasteiger partial charge in [-0.15, -0.1) is 0 Å². The SMILES string of the molecule is Cc1cc(C(C)(C)c2ccc(C(C)(C)c3cc(C)c(OCC4CO4)c(C)c3)cc2)cc(C)c1OCC1CO1.Cc1cc(Cc2c3ccccc3c(Cc3cc(C)c(OCC4CO4)c(C)c3)c3ccccc23)cc(C)c1OCC1CO1.Cc1cc2cc(-c3ccc4c(C)c(OCC5CO5)c(C)cc4c3)ccc2c(C)c1OCC1CO1.Cc1cc2ccccc2c(-c2c(OCC3CO3)c(C)cc3ccccc23)c1OCC1CO1. The van der Waals surface area contributed by atoms with Crippen molar-refractivity contribution in [2.24, 2.45) is 0 Å². The molecule has 0 saturated carbocycles. The summed E-state index contributed by atoms with van der Waals surface area (Å²) < 4.78 is 92.2. The van der Waals surface area contributed by atoms with Gasteiger partial charge in [0.2, 0.25) is 0 Å². The summed E-state index contributed by atoms with van der Waals surface area (Å²) in [4.78, 5) is 0. The van der Waals surface area contributed by atoms with E-state index in [1.165, 1.54) is 165 Å². The third-order valence-corrected chi connectivity index (χ3v) is 30.2. The van der Waals surface area contributed by atoms with Crippen molar-refractivity contribution in [1.29, 1.82) is 0 Å². The molecule has 8 unspecified atom stereocenters. The first-order chi connectivity index (χ1) is 70.6. The first kappa shape index (κ1) is 99.1. The third kappa shape index (κ3) is 22.4. The van der Waals surface area contributed by atoms with E-state index in [9.17, 15) is 0 Å². The second kappa shape index (κ2) is 41.8. The molecule has 8 aliphatic rings. The summed E-state index contributed by atoms with van der Waals surface area (Å²) in [6.07, 6.45) is 3.63. The predicted molar refractivity (Wildman–Crippen MR) is 586 cm³/mol. The number of rotatable bonds is 34. The molecule has 0 spiro atoms. The van der Waals surface area contributed by atoms with E-state index >= 15 is 0 Å². The maximum atomic E-state index is 6.43. The quantitative estimate of drug-likeness (QED) is 0.0275. The number of hydrogen-bond donors (Lipinski definition) is 0. The van der Waals surface area contributed by atoms with E-state index < -0.39 is 0 Å². The highest BCUT2D eigenvalue weighted by Crippen LogP contribution is 2.51. The molecule has 752 valence electrons. The van der Waals surface area contributed by atoms with Gasteiger partial charge >= 0.3 is 0 Å². The largest absolute Gasteiger partial charge is 0.490 e. The van der Waals surface area contributed by atoms with E-state index in [0.717, 1.165) is 156 Å². The van der Waals surface area contributed by atoms with E-state index in [2.05, 4.69) is 355 Å². The molecule has 16 aromatic rings. The van der Waals surface area contributed by atoms with E-state index in [4.69, 9.17) is 75.8 Å². The Morgan fingerprint density at radius 1 is 0.212 bits per heavy atom. The van der Waals surface area contributed by atoms with Gasteiger partial charge < -0.3 is 75.8 Å². The Hall–Kier alpha value is -12.8. The summed E-state index contributed by atoms with van der Waals surface area (Å²) in [5.74, 6) is 7.73. The molecule has 8 aliphatic heterocycles. The zero-order chi connectivity index (χ0) is 101. The van der Waals surface area contributed by atoms with Crippen molar-refractivity contribution < 1.29 is 75.8 Å². The number of hydrogen-bond acceptors (Lipinski definition) is 16. The second-order valence-corrected chi connectivity index (χ2v) is 42.8. The average molecular weight is 1950 g/mol. The van der Waals surface area contributed by atoms with Crippen LogP contribution in [-0.2, 0) is 61.6 Å². The van der Waals surface area contributed by atoms with Gasteiger partial charge in [0.25, 0.3) is 0 Å². The highest BCUT2D eigenvalue weighted by atomic mass is 16.6. The van der Waals surface area contributed by atoms with E-state index in [-0.39, 0.29) is 59.7 Å². The van der Waals surface area contributed by atoms with E-state index in [0.29, 0.717) is 52.9 Å². The molecule has 0 aliphatic carbocycles. The van der Waals surface area contributed by atoms with Crippen molar-refractivity contribution in [3.63, 3.8) is 0 Å². The maximum Gasteiger partial charge on any atom is 0.130 e. The highest BCUT2D eigenvalue weighted by Gasteiger charge is 2.36. The topological polar surface area (TPSA) is 174 Å². The van der Waals surface area contributed by atoms with Gasteiger partial charge in [0, 0.05) is 22.0 Å². The summed E-state index contributed by atoms with van der Waals surface area (Å²) in [5, 5.41) is 14.9. The van der Waals surface area contributed by atoms with Gasteiger partial charge in [-0.05, 0) is 344 Å². The standard InChI is InChI=1S/C38H38O4.C34H42O4.C30H30O4.C28H26O4/c1-23-13-27(14-24(2)37(23)41-21-29-19-39-29)17-35-31-9-5-7-11-33(31)36(34-12-8-6-10-32(34)35)18-28-15-25(3)38(26(4)16-28)42-22-30-20-40-30;1-21-13-27(14-22(2)31(21)37-19-29-17-35-29)33(5,6)25-9-11-26(12-10-25)34(7,8)28-15-23(3)32(24(4)16-28)38-20-30-18-36-30;1-17-9-23-11-21(5-7-27(23)19(3)29(17)33-15-25-13-31-25)22-6-8-28-20(4)30(34-16-26-14-32-26)18(2)10-24(28)12-22;1-17-11-19-7-3-5-9-23(19)25(27(17)31-15-21-13-29-21)26-24-10-6-4-8-20(24)12-18(2)28(26)32-16-22-14-30-22/h5-16,29-30H,17-22H2,1-4H3;9-16,29-30H,17-20H2,1-8H3;5-12,25-26H,13-16H2,1-4H3;3-12,21-22H,13-16H2,1-2H3. The van der Waals surface area contributed by atoms with Crippen LogP contribution in [-0.4, -0.2) is 155 Å². The molecule has 24 rings (SSSR count). The molecule has 8 heterocycles. The number of benzene rings is 16. The summed E-state index contributed by atoms with van der Waals surface area (Å²) in [5.41, 5.74) is 31.3. The molecule has 146 heavy (non-hydrogen) atoms. The van der Waals surface area contributed by atoms with Crippen LogP contribution in [0.15, 0.2) is 231 Å². The van der Waals surface area contributed by atoms with Gasteiger partial charge in [0.15, 0.2) is 0 Å². The van der Waals surface area contributed by atoms with Crippen molar-refractivity contribution >= 4 is 64.6 Å². The molecule has 8 saturated heterocycles. The molecule has 8 fully saturated rings. The molecule has 0 bridgehead atoms. The van der Waals surface area contributed by atoms with Crippen molar-refractivity contribution in [1.82, 2.24) is 0 Å². The van der Waals surface area contributed by atoms with Gasteiger partial charge in [-0.2, -0.15) is 0 Å². The first-order valence-electron chi connectivity index (χ1n) is 52.1. The molecule has 16 heteroatoms. The zero-order valence-corrected chi connectivity index (χ0v) is 87.8. The minimum absolute atomic E-state index is 0.131. The Labute approximate surface area is 859 Å². The van der Waals surface area contributed by atoms with Crippen LogP contribution in [0.4, 0.5) is 0 Å². The van der Waals surface area contributed by atoms with Crippen LogP contribution in [0.2, 0.25) is 0 Å². The average Bonchev–Trinajstić information content (AvgIpc) is 1.37. The van der Waals surface area contributed by atoms with Gasteiger partial charge in [0.1, 0.15) is 148 Å². The minimum Gasteiger partial charge on any atom is -0.490 e. The monoisotopic (exact) mass is 1950 g/mol. The number of epoxide rings is 8. The molecule has 16 aromatic carbocycles. The van der Waals surface area contributed by atoms with E-state index in [1.54, 1.807) is 0 Å². The fourth-order valence-corrected chi connectivity index (χ4v) is 21.4. The number of aryl methyl sites for hydroxylation is 14. The zero-order valence-electron chi connectivity index (χ0n) is 87.8. The van der Waals surface area contributed by atoms with Crippen molar-refractivity contribution in [2.45, 2.75) is 197 Å². The minimum atomic E-state index is -0.131. The third-order valence-electron chi connectivity index (χ3n) is 30.2. The number of ether oxygens (including phenoxy) is 16. The summed E-state index contributed by atoms with van der Waals surface area (Å²) in [7, 11) is 0. The van der Waals surface area contributed by atoms with Crippen LogP contribution in [0.25, 0.3) is 86.9 Å². The van der Waals surface area contributed by atoms with Crippen LogP contribution >= 0.6 is 0 Å². The van der Waals surface area contributed by atoms with E-state index in [1.807, 2.05) is 0 Å². The van der Waals surface area contributed by atoms with Gasteiger partial charge in [-0.25, -0.2) is 0 Å². The molecule has 0 N–H and O–H groups in total. The van der Waals surface area contributed by atoms with Crippen molar-refractivity contribution in [2.75, 3.05) is 106 Å². The fraction of sp³-hybridized carbons (Fsp3) is 0.354. The smallest absolute Gasteiger partial charge is 0.130 e. The maximum absolute atomic E-state index is 6.43. The Bertz CT molecular complexity index is 7030. The lowest BCUT2D eigenvalue weighted by molar-refractivity contribution is 0.260. The Balaban J connectivity index is 0.000000115. The second-order valence-electron chi connectivity index (χ2n) is 42.8. The lowest BCUT2D eigenvalue weighted by Crippen LogP contribution is -2.22. The lowest BCUT2D eigenvalue weighted by Gasteiger charge is -2.31. The predicted octanol–water partition coefficient (Wildman–Crippen LogP) is 27.4. The van der Waals surface area contributed by atoms with Crippen LogP contribution < -0.4 is 37.9 Å². The van der Waals surface area contributed by atoms with Gasteiger partial charge in [0.05, 0.1) is 52.9 Å². The Morgan fingerprint density at radius 3 is 0.699 bits per heavy atom. The highest BCUT2D eigenvalue weighted by molar-refractivity contribution is 6.11. The Kier molecular flexibility index (Phi) is 28.4. The lowest BCUT2D eigenvalue weighted by atomic mass is 9.74. The molecular weight excluding hydrogens is 1820 g/mol. The molecule has 0 amide bonds. The normalized spacial score (nSPS) is 18.6. The van der Waals surface area contributed by atoms with Crippen LogP contribution in [0, 0.1) is 96.9 Å². The van der Waals surface area contributed by atoms with Gasteiger partial charge in [-0.1, -0.05) is 222 Å². The summed E-state index contributed by atoms with van der Waals surface area (Å²) in [6, 6.07) is 84.6. The first-order valence-corrected chi connectivity index (χ1v) is 52.1. The van der Waals surface area contributed by atoms with Crippen LogP contribution in [0.5, 0.6) is 46.0 Å². The van der Waals surface area contributed by atoms with Gasteiger partial charge in [-0.3, -0.25) is 0 Å².